The van der Waals surface area contributed by atoms with Crippen LogP contribution in [-0.4, -0.2) is 6.54 Å². The molecule has 0 aliphatic carbocycles. The Morgan fingerprint density at radius 3 is 2.40 bits per heavy atom. The molecule has 0 bridgehead atoms. The molecule has 0 aliphatic rings. The number of hydrogen-bond donors (Lipinski definition) is 1. The molecule has 0 amide bonds. The maximum Gasteiger partial charge on any atom is 0.416 e. The molecule has 0 aromatic heterocycles. The van der Waals surface area contributed by atoms with E-state index in [1.807, 2.05) is 0 Å². The van der Waals surface area contributed by atoms with Crippen LogP contribution in [-0.2, 0) is 6.18 Å². The van der Waals surface area contributed by atoms with Gasteiger partial charge in [-0.3, -0.25) is 0 Å². The van der Waals surface area contributed by atoms with Gasteiger partial charge < -0.3 is 5.73 Å². The van der Waals surface area contributed by atoms with Crippen LogP contribution in [0.2, 0.25) is 5.02 Å². The fourth-order valence-electron chi connectivity index (χ4n) is 1.22. The third-order valence-corrected chi connectivity index (χ3v) is 2.21. The highest BCUT2D eigenvalue weighted by Gasteiger charge is 2.36. The highest BCUT2D eigenvalue weighted by atomic mass is 35.5. The largest absolute Gasteiger partial charge is 0.416 e. The highest BCUT2D eigenvalue weighted by molar-refractivity contribution is 6.31. The maximum atomic E-state index is 13.2. The van der Waals surface area contributed by atoms with Crippen LogP contribution >= 0.6 is 11.6 Å². The van der Waals surface area contributed by atoms with Gasteiger partial charge in [0.05, 0.1) is 5.56 Å². The second kappa shape index (κ2) is 4.37. The van der Waals surface area contributed by atoms with Crippen molar-refractivity contribution in [3.8, 4) is 0 Å². The second-order valence-electron chi connectivity index (χ2n) is 2.90. The number of benzene rings is 1. The van der Waals surface area contributed by atoms with Crippen molar-refractivity contribution < 1.29 is 17.6 Å². The Kier molecular flexibility index (Phi) is 3.57. The highest BCUT2D eigenvalue weighted by Crippen LogP contribution is 2.38. The number of alkyl halides is 4. The standard InChI is InChI=1S/C9H8ClF4N/c10-6-3-1-2-5(9(12,13)14)8(6)7(11)4-15/h1-3,7H,4,15H2. The SMILES string of the molecule is NCC(F)c1c(Cl)cccc1C(F)(F)F. The molecule has 1 aromatic carbocycles. The van der Waals surface area contributed by atoms with Crippen LogP contribution in [0, 0.1) is 0 Å². The third kappa shape index (κ3) is 2.60. The average Bonchev–Trinajstić information content (AvgIpc) is 2.15. The van der Waals surface area contributed by atoms with Gasteiger partial charge in [0.15, 0.2) is 0 Å². The molecule has 1 nitrogen and oxygen atoms in total. The van der Waals surface area contributed by atoms with E-state index < -0.39 is 30.0 Å². The Labute approximate surface area is 88.8 Å². The summed E-state index contributed by atoms with van der Waals surface area (Å²) in [5, 5.41) is -0.261. The Morgan fingerprint density at radius 2 is 1.93 bits per heavy atom. The van der Waals surface area contributed by atoms with Crippen molar-refractivity contribution in [2.75, 3.05) is 6.54 Å². The monoisotopic (exact) mass is 241 g/mol. The van der Waals surface area contributed by atoms with Crippen LogP contribution in [0.15, 0.2) is 18.2 Å². The van der Waals surface area contributed by atoms with Crippen LogP contribution in [0.1, 0.15) is 17.3 Å². The smallest absolute Gasteiger partial charge is 0.327 e. The fraction of sp³-hybridized carbons (Fsp3) is 0.333. The Hall–Kier alpha value is -0.810. The molecule has 2 N–H and O–H groups in total. The van der Waals surface area contributed by atoms with Crippen molar-refractivity contribution in [2.45, 2.75) is 12.3 Å². The van der Waals surface area contributed by atoms with Crippen molar-refractivity contribution in [2.24, 2.45) is 5.73 Å². The number of hydrogen-bond acceptors (Lipinski definition) is 1. The van der Waals surface area contributed by atoms with E-state index in [-0.39, 0.29) is 5.02 Å². The zero-order valence-corrected chi connectivity index (χ0v) is 8.24. The molecule has 15 heavy (non-hydrogen) atoms. The molecule has 0 fully saturated rings. The van der Waals surface area contributed by atoms with Gasteiger partial charge in [0.2, 0.25) is 0 Å². The van der Waals surface area contributed by atoms with E-state index in [0.29, 0.717) is 0 Å². The lowest BCUT2D eigenvalue weighted by Gasteiger charge is -2.16. The van der Waals surface area contributed by atoms with Crippen molar-refractivity contribution in [1.29, 1.82) is 0 Å². The van der Waals surface area contributed by atoms with E-state index in [9.17, 15) is 17.6 Å². The van der Waals surface area contributed by atoms with E-state index in [0.717, 1.165) is 12.1 Å². The van der Waals surface area contributed by atoms with Crippen molar-refractivity contribution in [3.63, 3.8) is 0 Å². The first kappa shape index (κ1) is 12.3. The van der Waals surface area contributed by atoms with E-state index in [2.05, 4.69) is 0 Å². The first-order chi connectivity index (χ1) is 6.88. The van der Waals surface area contributed by atoms with Crippen molar-refractivity contribution in [3.05, 3.63) is 34.3 Å². The molecule has 0 saturated heterocycles. The summed E-state index contributed by atoms with van der Waals surface area (Å²) < 4.78 is 50.6. The van der Waals surface area contributed by atoms with Gasteiger partial charge in [-0.15, -0.1) is 0 Å². The van der Waals surface area contributed by atoms with Gasteiger partial charge in [-0.25, -0.2) is 4.39 Å². The molecule has 6 heteroatoms. The summed E-state index contributed by atoms with van der Waals surface area (Å²) in [4.78, 5) is 0. The quantitative estimate of drug-likeness (QED) is 0.790. The summed E-state index contributed by atoms with van der Waals surface area (Å²) in [7, 11) is 0. The summed E-state index contributed by atoms with van der Waals surface area (Å²) in [6.45, 7) is -0.535. The van der Waals surface area contributed by atoms with Crippen molar-refractivity contribution >= 4 is 11.6 Å². The summed E-state index contributed by atoms with van der Waals surface area (Å²) in [5.74, 6) is 0. The summed E-state index contributed by atoms with van der Waals surface area (Å²) in [6, 6.07) is 3.11. The zero-order valence-electron chi connectivity index (χ0n) is 7.48. The zero-order chi connectivity index (χ0) is 11.6. The predicted octanol–water partition coefficient (Wildman–Crippen LogP) is 3.33. The molecule has 1 atom stereocenters. The molecule has 1 rings (SSSR count). The van der Waals surface area contributed by atoms with Gasteiger partial charge in [-0.05, 0) is 12.1 Å². The molecular formula is C9H8ClF4N. The van der Waals surface area contributed by atoms with Gasteiger partial charge in [0.25, 0.3) is 0 Å². The van der Waals surface area contributed by atoms with E-state index >= 15 is 0 Å². The number of nitrogens with two attached hydrogens (primary N) is 1. The lowest BCUT2D eigenvalue weighted by atomic mass is 10.0. The lowest BCUT2D eigenvalue weighted by molar-refractivity contribution is -0.138. The topological polar surface area (TPSA) is 26.0 Å². The Morgan fingerprint density at radius 1 is 1.33 bits per heavy atom. The molecule has 0 spiro atoms. The summed E-state index contributed by atoms with van der Waals surface area (Å²) in [5.41, 5.74) is 3.32. The summed E-state index contributed by atoms with van der Waals surface area (Å²) in [6.07, 6.45) is -6.53. The van der Waals surface area contributed by atoms with Crippen LogP contribution < -0.4 is 5.73 Å². The molecule has 84 valence electrons. The van der Waals surface area contributed by atoms with Gasteiger partial charge in [-0.2, -0.15) is 13.2 Å². The Bertz CT molecular complexity index is 350. The molecule has 0 heterocycles. The minimum absolute atomic E-state index is 0.261. The maximum absolute atomic E-state index is 13.2. The van der Waals surface area contributed by atoms with Crippen LogP contribution in [0.25, 0.3) is 0 Å². The summed E-state index contributed by atoms with van der Waals surface area (Å²) >= 11 is 5.51. The van der Waals surface area contributed by atoms with E-state index in [1.54, 1.807) is 0 Å². The second-order valence-corrected chi connectivity index (χ2v) is 3.31. The molecule has 0 aliphatic heterocycles. The molecule has 0 saturated carbocycles. The molecular weight excluding hydrogens is 234 g/mol. The first-order valence-corrected chi connectivity index (χ1v) is 4.45. The fourth-order valence-corrected chi connectivity index (χ4v) is 1.51. The van der Waals surface area contributed by atoms with Crippen LogP contribution in [0.5, 0.6) is 0 Å². The lowest BCUT2D eigenvalue weighted by Crippen LogP contribution is -2.15. The number of rotatable bonds is 2. The van der Waals surface area contributed by atoms with Gasteiger partial charge in [0.1, 0.15) is 6.17 Å². The Balaban J connectivity index is 3.33. The third-order valence-electron chi connectivity index (χ3n) is 1.88. The van der Waals surface area contributed by atoms with Gasteiger partial charge >= 0.3 is 6.18 Å². The first-order valence-electron chi connectivity index (χ1n) is 4.07. The van der Waals surface area contributed by atoms with E-state index in [1.165, 1.54) is 6.07 Å². The molecule has 1 aromatic rings. The normalized spacial score (nSPS) is 14.0. The average molecular weight is 242 g/mol. The van der Waals surface area contributed by atoms with Crippen LogP contribution in [0.3, 0.4) is 0 Å². The predicted molar refractivity (Wildman–Crippen MR) is 49.4 cm³/mol. The van der Waals surface area contributed by atoms with Gasteiger partial charge in [-0.1, -0.05) is 17.7 Å². The number of halogens is 5. The van der Waals surface area contributed by atoms with Crippen LogP contribution in [0.4, 0.5) is 17.6 Å². The minimum atomic E-state index is -4.63. The van der Waals surface area contributed by atoms with E-state index in [4.69, 9.17) is 17.3 Å². The minimum Gasteiger partial charge on any atom is -0.327 e. The van der Waals surface area contributed by atoms with Gasteiger partial charge in [0, 0.05) is 17.1 Å². The molecule has 1 unspecified atom stereocenters. The van der Waals surface area contributed by atoms with Crippen molar-refractivity contribution in [1.82, 2.24) is 0 Å². The molecule has 0 radical (unpaired) electrons.